The summed E-state index contributed by atoms with van der Waals surface area (Å²) in [5, 5.41) is 0. The first-order valence-corrected chi connectivity index (χ1v) is 5.54. The van der Waals surface area contributed by atoms with E-state index < -0.39 is 21.0 Å². The van der Waals surface area contributed by atoms with Crippen molar-refractivity contribution in [2.75, 3.05) is 20.7 Å². The van der Waals surface area contributed by atoms with Crippen LogP contribution in [-0.4, -0.2) is 49.4 Å². The highest BCUT2D eigenvalue weighted by Gasteiger charge is 2.49. The van der Waals surface area contributed by atoms with Crippen LogP contribution in [0.3, 0.4) is 0 Å². The first kappa shape index (κ1) is 17.4. The molecule has 0 amide bonds. The molecule has 0 bridgehead atoms. The Hall–Kier alpha value is -0.960. The number of carbonyl (C=O) groups is 1. The van der Waals surface area contributed by atoms with Gasteiger partial charge in [0.25, 0.3) is 10.1 Å². The molecule has 0 radical (unpaired) electrons. The summed E-state index contributed by atoms with van der Waals surface area (Å²) in [4.78, 5) is 10.4. The van der Waals surface area contributed by atoms with Gasteiger partial charge >= 0.3 is 5.97 Å². The summed E-state index contributed by atoms with van der Waals surface area (Å²) >= 11 is 0. The lowest BCUT2D eigenvalue weighted by molar-refractivity contribution is -0.149. The lowest BCUT2D eigenvalue weighted by atomic mass is 10.3. The van der Waals surface area contributed by atoms with Crippen molar-refractivity contribution < 1.29 is 22.5 Å². The van der Waals surface area contributed by atoms with E-state index in [4.69, 9.17) is 4.55 Å². The Morgan fingerprint density at radius 2 is 2.00 bits per heavy atom. The standard InChI is InChI=1S/C8H15NO5S.H3N/c1-5-6-14-7(10)8(2,9(3)4)15(11,12)13;/h5H,1,6H2,2-4H3,(H,11,12,13);1H3. The average molecular weight is 254 g/mol. The molecule has 7 nitrogen and oxygen atoms in total. The zero-order valence-corrected chi connectivity index (χ0v) is 10.5. The number of hydrogen-bond donors (Lipinski definition) is 2. The van der Waals surface area contributed by atoms with Gasteiger partial charge in [-0.15, -0.1) is 0 Å². The average Bonchev–Trinajstić information content (AvgIpc) is 2.10. The molecular formula is C8H18N2O5S. The van der Waals surface area contributed by atoms with Crippen LogP contribution < -0.4 is 6.15 Å². The van der Waals surface area contributed by atoms with Crippen LogP contribution in [0.1, 0.15) is 6.92 Å². The molecular weight excluding hydrogens is 236 g/mol. The quantitative estimate of drug-likeness (QED) is 0.404. The van der Waals surface area contributed by atoms with E-state index in [1.54, 1.807) is 0 Å². The van der Waals surface area contributed by atoms with E-state index in [-0.39, 0.29) is 12.8 Å². The molecule has 16 heavy (non-hydrogen) atoms. The lowest BCUT2D eigenvalue weighted by Crippen LogP contribution is -2.55. The van der Waals surface area contributed by atoms with E-state index in [1.807, 2.05) is 0 Å². The summed E-state index contributed by atoms with van der Waals surface area (Å²) in [6, 6.07) is 0. The van der Waals surface area contributed by atoms with Gasteiger partial charge in [0.2, 0.25) is 4.87 Å². The third-order valence-electron chi connectivity index (χ3n) is 2.07. The fourth-order valence-electron chi connectivity index (χ4n) is 0.787. The molecule has 8 heteroatoms. The normalized spacial score (nSPS) is 14.8. The maximum absolute atomic E-state index is 11.5. The number of rotatable bonds is 5. The van der Waals surface area contributed by atoms with Crippen LogP contribution in [0, 0.1) is 0 Å². The highest BCUT2D eigenvalue weighted by molar-refractivity contribution is 7.88. The summed E-state index contributed by atoms with van der Waals surface area (Å²) in [5.41, 5.74) is 0. The van der Waals surface area contributed by atoms with E-state index in [0.717, 1.165) is 11.8 Å². The highest BCUT2D eigenvalue weighted by Crippen LogP contribution is 2.20. The van der Waals surface area contributed by atoms with Gasteiger partial charge in [0.15, 0.2) is 0 Å². The molecule has 0 aromatic carbocycles. The minimum atomic E-state index is -4.58. The molecule has 0 aliphatic carbocycles. The largest absolute Gasteiger partial charge is 0.459 e. The minimum Gasteiger partial charge on any atom is -0.459 e. The number of likely N-dealkylation sites (N-methyl/N-ethyl adjacent to an activating group) is 1. The first-order valence-electron chi connectivity index (χ1n) is 4.10. The zero-order valence-electron chi connectivity index (χ0n) is 9.63. The van der Waals surface area contributed by atoms with Crippen LogP contribution in [0.2, 0.25) is 0 Å². The van der Waals surface area contributed by atoms with Gasteiger partial charge in [0.1, 0.15) is 6.61 Å². The molecule has 0 heterocycles. The van der Waals surface area contributed by atoms with Gasteiger partial charge in [0, 0.05) is 0 Å². The maximum Gasteiger partial charge on any atom is 0.345 e. The third kappa shape index (κ3) is 3.27. The van der Waals surface area contributed by atoms with E-state index in [9.17, 15) is 13.2 Å². The molecule has 0 aromatic heterocycles. The lowest BCUT2D eigenvalue weighted by Gasteiger charge is -2.30. The molecule has 0 rings (SSSR count). The number of hydrogen-bond acceptors (Lipinski definition) is 6. The second kappa shape index (κ2) is 5.94. The Balaban J connectivity index is 0. The van der Waals surface area contributed by atoms with Gasteiger partial charge in [-0.25, -0.2) is 4.79 Å². The summed E-state index contributed by atoms with van der Waals surface area (Å²) < 4.78 is 35.8. The van der Waals surface area contributed by atoms with Gasteiger partial charge < -0.3 is 10.9 Å². The van der Waals surface area contributed by atoms with Crippen LogP contribution in [0.25, 0.3) is 0 Å². The fourth-order valence-corrected chi connectivity index (χ4v) is 1.52. The monoisotopic (exact) mass is 254 g/mol. The highest BCUT2D eigenvalue weighted by atomic mass is 32.2. The predicted molar refractivity (Wildman–Crippen MR) is 59.8 cm³/mol. The molecule has 0 aliphatic heterocycles. The van der Waals surface area contributed by atoms with Crippen LogP contribution in [0.4, 0.5) is 0 Å². The molecule has 0 aliphatic rings. The predicted octanol–water partition coefficient (Wildman–Crippen LogP) is 0.0432. The Bertz CT molecular complexity index is 351. The summed E-state index contributed by atoms with van der Waals surface area (Å²) in [7, 11) is -1.88. The maximum atomic E-state index is 11.5. The van der Waals surface area contributed by atoms with Gasteiger partial charge in [-0.3, -0.25) is 9.45 Å². The molecule has 1 unspecified atom stereocenters. The summed E-state index contributed by atoms with van der Waals surface area (Å²) in [5.74, 6) is -1.05. The van der Waals surface area contributed by atoms with Crippen molar-refractivity contribution in [2.45, 2.75) is 11.8 Å². The SMILES string of the molecule is C=CCOC(=O)C(C)(N(C)C)S(=O)(=O)O.N. The molecule has 1 atom stereocenters. The van der Waals surface area contributed by atoms with E-state index >= 15 is 0 Å². The number of ether oxygens (including phenoxy) is 1. The topological polar surface area (TPSA) is 119 Å². The van der Waals surface area contributed by atoms with Crippen LogP contribution in [-0.2, 0) is 19.6 Å². The second-order valence-corrected chi connectivity index (χ2v) is 4.98. The Labute approximate surface area is 95.4 Å². The van der Waals surface area contributed by atoms with Gasteiger partial charge in [0.05, 0.1) is 0 Å². The van der Waals surface area contributed by atoms with Crippen LogP contribution in [0.15, 0.2) is 12.7 Å². The number of nitrogens with zero attached hydrogens (tertiary/aromatic N) is 1. The summed E-state index contributed by atoms with van der Waals surface area (Å²) in [6.07, 6.45) is 1.30. The molecule has 0 spiro atoms. The fraction of sp³-hybridized carbons (Fsp3) is 0.625. The molecule has 0 fully saturated rings. The van der Waals surface area contributed by atoms with Crippen molar-refractivity contribution in [3.05, 3.63) is 12.7 Å². The molecule has 4 N–H and O–H groups in total. The van der Waals surface area contributed by atoms with Crippen molar-refractivity contribution in [3.8, 4) is 0 Å². The molecule has 0 saturated carbocycles. The Morgan fingerprint density at radius 1 is 1.56 bits per heavy atom. The van der Waals surface area contributed by atoms with E-state index in [0.29, 0.717) is 0 Å². The van der Waals surface area contributed by atoms with Crippen LogP contribution >= 0.6 is 0 Å². The second-order valence-electron chi connectivity index (χ2n) is 3.24. The van der Waals surface area contributed by atoms with Crippen molar-refractivity contribution >= 4 is 16.1 Å². The number of esters is 1. The van der Waals surface area contributed by atoms with Gasteiger partial charge in [-0.1, -0.05) is 12.7 Å². The Morgan fingerprint density at radius 3 is 2.25 bits per heavy atom. The van der Waals surface area contributed by atoms with E-state index in [1.165, 1.54) is 20.2 Å². The van der Waals surface area contributed by atoms with Gasteiger partial charge in [-0.2, -0.15) is 8.42 Å². The molecule has 0 aromatic rings. The van der Waals surface area contributed by atoms with Crippen molar-refractivity contribution in [1.82, 2.24) is 11.1 Å². The molecule has 96 valence electrons. The van der Waals surface area contributed by atoms with E-state index in [2.05, 4.69) is 11.3 Å². The van der Waals surface area contributed by atoms with Crippen molar-refractivity contribution in [1.29, 1.82) is 0 Å². The first-order chi connectivity index (χ1) is 6.67. The Kier molecular flexibility index (Phi) is 6.48. The van der Waals surface area contributed by atoms with Gasteiger partial charge in [-0.05, 0) is 21.0 Å². The van der Waals surface area contributed by atoms with Crippen LogP contribution in [0.5, 0.6) is 0 Å². The van der Waals surface area contributed by atoms with Crippen molar-refractivity contribution in [3.63, 3.8) is 0 Å². The smallest absolute Gasteiger partial charge is 0.345 e. The zero-order chi connectivity index (χ0) is 12.3. The molecule has 0 saturated heterocycles. The number of carbonyl (C=O) groups excluding carboxylic acids is 1. The summed E-state index contributed by atoms with van der Waals surface area (Å²) in [6.45, 7) is 4.27. The third-order valence-corrected chi connectivity index (χ3v) is 3.60. The van der Waals surface area contributed by atoms with Crippen molar-refractivity contribution in [2.24, 2.45) is 0 Å². The minimum absolute atomic E-state index is 0.